The molecule has 1 atom stereocenters. The van der Waals surface area contributed by atoms with Gasteiger partial charge in [0.2, 0.25) is 0 Å². The van der Waals surface area contributed by atoms with E-state index >= 15 is 0 Å². The SMILES string of the molecule is Cn1ncc(NC2CNCc3ccccc3C2)c(Cl)c1=O. The molecule has 1 aliphatic heterocycles. The minimum Gasteiger partial charge on any atom is -0.378 e. The molecule has 0 saturated heterocycles. The van der Waals surface area contributed by atoms with Crippen molar-refractivity contribution in [1.29, 1.82) is 0 Å². The Kier molecular flexibility index (Phi) is 3.94. The van der Waals surface area contributed by atoms with Crippen LogP contribution in [0.4, 0.5) is 5.69 Å². The minimum absolute atomic E-state index is 0.167. The lowest BCUT2D eigenvalue weighted by atomic mass is 10.0. The second-order valence-corrected chi connectivity index (χ2v) is 5.62. The van der Waals surface area contributed by atoms with Gasteiger partial charge in [0.1, 0.15) is 5.02 Å². The highest BCUT2D eigenvalue weighted by atomic mass is 35.5. The van der Waals surface area contributed by atoms with Crippen LogP contribution in [-0.2, 0) is 20.0 Å². The first-order valence-corrected chi connectivity index (χ1v) is 7.29. The molecule has 0 spiro atoms. The van der Waals surface area contributed by atoms with Gasteiger partial charge in [-0.3, -0.25) is 4.79 Å². The second kappa shape index (κ2) is 5.87. The zero-order valence-corrected chi connectivity index (χ0v) is 12.5. The molecule has 0 radical (unpaired) electrons. The van der Waals surface area contributed by atoms with Crippen LogP contribution in [0.5, 0.6) is 0 Å². The average Bonchev–Trinajstić information content (AvgIpc) is 2.69. The molecule has 2 N–H and O–H groups in total. The fraction of sp³-hybridized carbons (Fsp3) is 0.333. The fourth-order valence-corrected chi connectivity index (χ4v) is 2.81. The number of nitrogens with one attached hydrogen (secondary N) is 2. The molecule has 110 valence electrons. The number of nitrogens with zero attached hydrogens (tertiary/aromatic N) is 2. The van der Waals surface area contributed by atoms with Crippen LogP contribution in [0, 0.1) is 0 Å². The van der Waals surface area contributed by atoms with Gasteiger partial charge in [0.15, 0.2) is 0 Å². The molecule has 1 aromatic carbocycles. The zero-order valence-electron chi connectivity index (χ0n) is 11.8. The van der Waals surface area contributed by atoms with E-state index in [2.05, 4.69) is 33.9 Å². The standard InChI is InChI=1S/C15H17ClN4O/c1-20-15(21)14(16)13(9-18-20)19-12-6-10-4-2-3-5-11(10)7-17-8-12/h2-5,9,12,17,19H,6-8H2,1H3. The summed E-state index contributed by atoms with van der Waals surface area (Å²) in [6.45, 7) is 1.66. The molecule has 0 bridgehead atoms. The molecular formula is C15H17ClN4O. The predicted octanol–water partition coefficient (Wildman–Crippen LogP) is 1.56. The molecule has 1 unspecified atom stereocenters. The van der Waals surface area contributed by atoms with Crippen LogP contribution in [0.1, 0.15) is 11.1 Å². The second-order valence-electron chi connectivity index (χ2n) is 5.25. The van der Waals surface area contributed by atoms with Crippen LogP contribution in [0.25, 0.3) is 0 Å². The van der Waals surface area contributed by atoms with E-state index in [-0.39, 0.29) is 16.6 Å². The first-order valence-electron chi connectivity index (χ1n) is 6.91. The van der Waals surface area contributed by atoms with Gasteiger partial charge in [-0.15, -0.1) is 0 Å². The maximum absolute atomic E-state index is 11.8. The van der Waals surface area contributed by atoms with Crippen molar-refractivity contribution in [3.05, 3.63) is 57.0 Å². The van der Waals surface area contributed by atoms with Gasteiger partial charge in [0, 0.05) is 26.2 Å². The zero-order chi connectivity index (χ0) is 14.8. The van der Waals surface area contributed by atoms with Gasteiger partial charge in [-0.2, -0.15) is 5.10 Å². The molecule has 0 aliphatic carbocycles. The van der Waals surface area contributed by atoms with Gasteiger partial charge in [-0.05, 0) is 17.5 Å². The fourth-order valence-electron chi connectivity index (χ4n) is 2.58. The highest BCUT2D eigenvalue weighted by molar-refractivity contribution is 6.32. The largest absolute Gasteiger partial charge is 0.378 e. The maximum atomic E-state index is 11.8. The topological polar surface area (TPSA) is 59.0 Å². The lowest BCUT2D eigenvalue weighted by Gasteiger charge is -2.18. The van der Waals surface area contributed by atoms with Gasteiger partial charge in [0.05, 0.1) is 11.9 Å². The van der Waals surface area contributed by atoms with E-state index in [9.17, 15) is 4.79 Å². The first-order chi connectivity index (χ1) is 10.1. The van der Waals surface area contributed by atoms with Crippen LogP contribution < -0.4 is 16.2 Å². The molecule has 5 nitrogen and oxygen atoms in total. The number of benzene rings is 1. The van der Waals surface area contributed by atoms with Gasteiger partial charge in [-0.25, -0.2) is 4.68 Å². The quantitative estimate of drug-likeness (QED) is 0.884. The molecule has 21 heavy (non-hydrogen) atoms. The van der Waals surface area contributed by atoms with Crippen molar-refractivity contribution in [1.82, 2.24) is 15.1 Å². The normalized spacial score (nSPS) is 17.9. The van der Waals surface area contributed by atoms with E-state index in [0.717, 1.165) is 19.5 Å². The third-order valence-electron chi connectivity index (χ3n) is 3.73. The first kappa shape index (κ1) is 14.1. The van der Waals surface area contributed by atoms with Gasteiger partial charge >= 0.3 is 0 Å². The van der Waals surface area contributed by atoms with E-state index in [1.54, 1.807) is 13.2 Å². The molecule has 2 heterocycles. The molecule has 0 amide bonds. The Balaban J connectivity index is 1.83. The molecule has 1 aromatic heterocycles. The number of hydrogen-bond acceptors (Lipinski definition) is 4. The number of rotatable bonds is 2. The summed E-state index contributed by atoms with van der Waals surface area (Å²) in [6, 6.07) is 8.54. The average molecular weight is 305 g/mol. The Hall–Kier alpha value is -1.85. The Morgan fingerprint density at radius 2 is 2.14 bits per heavy atom. The Bertz CT molecular complexity index is 713. The van der Waals surface area contributed by atoms with Crippen molar-refractivity contribution in [3.8, 4) is 0 Å². The smallest absolute Gasteiger partial charge is 0.287 e. The van der Waals surface area contributed by atoms with Crippen LogP contribution in [0.15, 0.2) is 35.3 Å². The lowest BCUT2D eigenvalue weighted by Crippen LogP contribution is -2.33. The Labute approximate surface area is 127 Å². The number of fused-ring (bicyclic) bond motifs is 1. The van der Waals surface area contributed by atoms with Crippen molar-refractivity contribution < 1.29 is 0 Å². The summed E-state index contributed by atoms with van der Waals surface area (Å²) in [6.07, 6.45) is 2.48. The third kappa shape index (κ3) is 2.94. The van der Waals surface area contributed by atoms with Crippen LogP contribution in [0.2, 0.25) is 5.02 Å². The van der Waals surface area contributed by atoms with Crippen molar-refractivity contribution in [3.63, 3.8) is 0 Å². The molecule has 3 rings (SSSR count). The van der Waals surface area contributed by atoms with E-state index in [4.69, 9.17) is 11.6 Å². The minimum atomic E-state index is -0.288. The molecule has 1 aliphatic rings. The summed E-state index contributed by atoms with van der Waals surface area (Å²) in [4.78, 5) is 11.8. The number of anilines is 1. The summed E-state index contributed by atoms with van der Waals surface area (Å²) in [7, 11) is 1.58. The van der Waals surface area contributed by atoms with E-state index in [1.165, 1.54) is 15.8 Å². The van der Waals surface area contributed by atoms with Gasteiger partial charge < -0.3 is 10.6 Å². The van der Waals surface area contributed by atoms with E-state index < -0.39 is 0 Å². The molecule has 6 heteroatoms. The van der Waals surface area contributed by atoms with Crippen molar-refractivity contribution in [2.45, 2.75) is 19.0 Å². The number of hydrogen-bond donors (Lipinski definition) is 2. The summed E-state index contributed by atoms with van der Waals surface area (Å²) >= 11 is 6.10. The molecular weight excluding hydrogens is 288 g/mol. The Morgan fingerprint density at radius 3 is 2.95 bits per heavy atom. The number of halogens is 1. The van der Waals surface area contributed by atoms with E-state index in [1.807, 2.05) is 6.07 Å². The monoisotopic (exact) mass is 304 g/mol. The summed E-state index contributed by atoms with van der Waals surface area (Å²) < 4.78 is 1.23. The summed E-state index contributed by atoms with van der Waals surface area (Å²) in [5.74, 6) is 0. The van der Waals surface area contributed by atoms with Gasteiger partial charge in [0.25, 0.3) is 5.56 Å². The van der Waals surface area contributed by atoms with Crippen molar-refractivity contribution in [2.75, 3.05) is 11.9 Å². The van der Waals surface area contributed by atoms with Gasteiger partial charge in [-0.1, -0.05) is 35.9 Å². The van der Waals surface area contributed by atoms with Crippen LogP contribution in [0.3, 0.4) is 0 Å². The molecule has 2 aromatic rings. The third-order valence-corrected chi connectivity index (χ3v) is 4.09. The van der Waals surface area contributed by atoms with Crippen molar-refractivity contribution in [2.24, 2.45) is 7.05 Å². The number of aryl methyl sites for hydroxylation is 1. The maximum Gasteiger partial charge on any atom is 0.287 e. The molecule has 0 saturated carbocycles. The van der Waals surface area contributed by atoms with Crippen LogP contribution in [-0.4, -0.2) is 22.4 Å². The number of aromatic nitrogens is 2. The highest BCUT2D eigenvalue weighted by Gasteiger charge is 2.18. The Morgan fingerprint density at radius 1 is 1.38 bits per heavy atom. The van der Waals surface area contributed by atoms with Crippen molar-refractivity contribution >= 4 is 17.3 Å². The summed E-state index contributed by atoms with van der Waals surface area (Å²) in [5.41, 5.74) is 2.93. The summed E-state index contributed by atoms with van der Waals surface area (Å²) in [5, 5.41) is 10.9. The van der Waals surface area contributed by atoms with E-state index in [0.29, 0.717) is 5.69 Å². The highest BCUT2D eigenvalue weighted by Crippen LogP contribution is 2.20. The lowest BCUT2D eigenvalue weighted by molar-refractivity contribution is 0.625. The van der Waals surface area contributed by atoms with Crippen LogP contribution >= 0.6 is 11.6 Å². The predicted molar refractivity (Wildman–Crippen MR) is 83.8 cm³/mol. The molecule has 0 fully saturated rings.